The number of anilines is 1. The van der Waals surface area contributed by atoms with Gasteiger partial charge in [-0.15, -0.1) is 0 Å². The summed E-state index contributed by atoms with van der Waals surface area (Å²) in [5.41, 5.74) is 3.04. The molecule has 0 saturated carbocycles. The lowest BCUT2D eigenvalue weighted by molar-refractivity contribution is -0.116. The predicted molar refractivity (Wildman–Crippen MR) is 92.7 cm³/mol. The molecule has 0 fully saturated rings. The number of nitrogens with one attached hydrogen (secondary N) is 1. The van der Waals surface area contributed by atoms with Gasteiger partial charge in [0.2, 0.25) is 5.91 Å². The van der Waals surface area contributed by atoms with Crippen LogP contribution in [0.4, 0.5) is 5.69 Å². The second kappa shape index (κ2) is 6.65. The Labute approximate surface area is 143 Å². The van der Waals surface area contributed by atoms with Crippen molar-refractivity contribution in [1.29, 1.82) is 5.26 Å². The Hall–Kier alpha value is -2.97. The van der Waals surface area contributed by atoms with Crippen molar-refractivity contribution in [2.24, 2.45) is 0 Å². The summed E-state index contributed by atoms with van der Waals surface area (Å²) in [5.74, 6) is -1.64. The van der Waals surface area contributed by atoms with Gasteiger partial charge >= 0.3 is 0 Å². The van der Waals surface area contributed by atoms with Gasteiger partial charge in [-0.1, -0.05) is 41.4 Å². The molecule has 3 rings (SSSR count). The van der Waals surface area contributed by atoms with Gasteiger partial charge in [0, 0.05) is 5.69 Å². The lowest BCUT2D eigenvalue weighted by atomic mass is 10.1. The molecule has 0 unspecified atom stereocenters. The SMILES string of the molecule is Cc1ccc(NC(=O)[C@H](C#N)c2nc3ccccc3nc2Cl)cc1. The molecule has 0 aliphatic carbocycles. The van der Waals surface area contributed by atoms with Crippen molar-refractivity contribution in [3.8, 4) is 6.07 Å². The normalized spacial score (nSPS) is 11.7. The number of halogens is 1. The monoisotopic (exact) mass is 336 g/mol. The molecule has 2 aromatic carbocycles. The molecule has 0 aliphatic rings. The number of aromatic nitrogens is 2. The maximum Gasteiger partial charge on any atom is 0.248 e. The van der Waals surface area contributed by atoms with E-state index in [9.17, 15) is 10.1 Å². The summed E-state index contributed by atoms with van der Waals surface area (Å²) in [4.78, 5) is 21.0. The maximum atomic E-state index is 12.5. The summed E-state index contributed by atoms with van der Waals surface area (Å²) in [6.07, 6.45) is 0. The Morgan fingerprint density at radius 2 is 1.75 bits per heavy atom. The molecule has 1 amide bonds. The molecule has 1 atom stereocenters. The molecule has 1 N–H and O–H groups in total. The third-order valence-corrected chi connectivity index (χ3v) is 3.81. The van der Waals surface area contributed by atoms with E-state index in [-0.39, 0.29) is 10.8 Å². The number of benzene rings is 2. The van der Waals surface area contributed by atoms with Crippen LogP contribution in [0.1, 0.15) is 17.2 Å². The van der Waals surface area contributed by atoms with Crippen molar-refractivity contribution in [3.63, 3.8) is 0 Å². The highest BCUT2D eigenvalue weighted by molar-refractivity contribution is 6.30. The minimum Gasteiger partial charge on any atom is -0.325 e. The number of hydrogen-bond acceptors (Lipinski definition) is 4. The van der Waals surface area contributed by atoms with Gasteiger partial charge in [0.15, 0.2) is 11.1 Å². The molecule has 3 aromatic rings. The standard InChI is InChI=1S/C18H13ClN4O/c1-11-6-8-12(9-7-11)21-18(24)13(10-20)16-17(19)23-15-5-3-2-4-14(15)22-16/h2-9,13H,1H3,(H,21,24)/t13-/m1/s1. The number of aryl methyl sites for hydroxylation is 1. The molecule has 1 heterocycles. The zero-order valence-corrected chi connectivity index (χ0v) is 13.6. The molecule has 0 aliphatic heterocycles. The summed E-state index contributed by atoms with van der Waals surface area (Å²) in [5, 5.41) is 12.2. The lowest BCUT2D eigenvalue weighted by Crippen LogP contribution is -2.21. The van der Waals surface area contributed by atoms with E-state index in [1.54, 1.807) is 24.3 Å². The van der Waals surface area contributed by atoms with Crippen LogP contribution in [0.5, 0.6) is 0 Å². The van der Waals surface area contributed by atoms with Crippen LogP contribution in [-0.2, 0) is 4.79 Å². The number of hydrogen-bond donors (Lipinski definition) is 1. The second-order valence-electron chi connectivity index (χ2n) is 5.31. The van der Waals surface area contributed by atoms with Gasteiger partial charge in [-0.3, -0.25) is 4.79 Å². The summed E-state index contributed by atoms with van der Waals surface area (Å²) in [7, 11) is 0. The fraction of sp³-hybridized carbons (Fsp3) is 0.111. The molecule has 0 radical (unpaired) electrons. The van der Waals surface area contributed by atoms with E-state index in [0.717, 1.165) is 5.56 Å². The zero-order chi connectivity index (χ0) is 17.1. The van der Waals surface area contributed by atoms with Crippen LogP contribution in [0.25, 0.3) is 11.0 Å². The molecular weight excluding hydrogens is 324 g/mol. The molecule has 0 saturated heterocycles. The number of carbonyl (C=O) groups excluding carboxylic acids is 1. The van der Waals surface area contributed by atoms with Crippen molar-refractivity contribution >= 4 is 34.2 Å². The first-order valence-electron chi connectivity index (χ1n) is 7.28. The van der Waals surface area contributed by atoms with Crippen LogP contribution in [-0.4, -0.2) is 15.9 Å². The molecule has 1 aromatic heterocycles. The second-order valence-corrected chi connectivity index (χ2v) is 5.66. The van der Waals surface area contributed by atoms with Gasteiger partial charge in [-0.05, 0) is 31.2 Å². The first-order valence-corrected chi connectivity index (χ1v) is 7.65. The Kier molecular flexibility index (Phi) is 4.41. The van der Waals surface area contributed by atoms with Crippen LogP contribution in [0.2, 0.25) is 5.15 Å². The van der Waals surface area contributed by atoms with Gasteiger partial charge in [-0.2, -0.15) is 5.26 Å². The molecule has 24 heavy (non-hydrogen) atoms. The Morgan fingerprint density at radius 1 is 1.12 bits per heavy atom. The van der Waals surface area contributed by atoms with Gasteiger partial charge in [0.1, 0.15) is 5.69 Å². The van der Waals surface area contributed by atoms with E-state index in [1.165, 1.54) is 0 Å². The number of nitriles is 1. The zero-order valence-electron chi connectivity index (χ0n) is 12.8. The number of nitrogens with zero attached hydrogens (tertiary/aromatic N) is 3. The third kappa shape index (κ3) is 3.19. The van der Waals surface area contributed by atoms with E-state index >= 15 is 0 Å². The highest BCUT2D eigenvalue weighted by Gasteiger charge is 2.25. The van der Waals surface area contributed by atoms with Crippen LogP contribution < -0.4 is 5.32 Å². The number of rotatable bonds is 3. The van der Waals surface area contributed by atoms with Gasteiger partial charge in [-0.25, -0.2) is 9.97 Å². The van der Waals surface area contributed by atoms with Gasteiger partial charge < -0.3 is 5.32 Å². The third-order valence-electron chi connectivity index (χ3n) is 3.54. The molecule has 0 bridgehead atoms. The summed E-state index contributed by atoms with van der Waals surface area (Å²) >= 11 is 6.14. The van der Waals surface area contributed by atoms with Crippen molar-refractivity contribution < 1.29 is 4.79 Å². The van der Waals surface area contributed by atoms with Gasteiger partial charge in [0.25, 0.3) is 0 Å². The summed E-state index contributed by atoms with van der Waals surface area (Å²) < 4.78 is 0. The Balaban J connectivity index is 1.93. The smallest absolute Gasteiger partial charge is 0.248 e. The fourth-order valence-electron chi connectivity index (χ4n) is 2.27. The van der Waals surface area contributed by atoms with Crippen LogP contribution in [0.3, 0.4) is 0 Å². The van der Waals surface area contributed by atoms with E-state index in [0.29, 0.717) is 16.7 Å². The minimum atomic E-state index is -1.14. The largest absolute Gasteiger partial charge is 0.325 e. The molecular formula is C18H13ClN4O. The highest BCUT2D eigenvalue weighted by atomic mass is 35.5. The topological polar surface area (TPSA) is 78.7 Å². The average molecular weight is 337 g/mol. The number of carbonyl (C=O) groups is 1. The van der Waals surface area contributed by atoms with Crippen molar-refractivity contribution in [3.05, 3.63) is 64.9 Å². The Morgan fingerprint density at radius 3 is 2.38 bits per heavy atom. The van der Waals surface area contributed by atoms with Crippen molar-refractivity contribution in [2.45, 2.75) is 12.8 Å². The first-order chi connectivity index (χ1) is 11.6. The molecule has 0 spiro atoms. The van der Waals surface area contributed by atoms with Crippen LogP contribution >= 0.6 is 11.6 Å². The van der Waals surface area contributed by atoms with E-state index in [4.69, 9.17) is 11.6 Å². The highest BCUT2D eigenvalue weighted by Crippen LogP contribution is 2.25. The maximum absolute atomic E-state index is 12.5. The van der Waals surface area contributed by atoms with E-state index < -0.39 is 11.8 Å². The van der Waals surface area contributed by atoms with Gasteiger partial charge in [0.05, 0.1) is 17.1 Å². The molecule has 6 heteroatoms. The minimum absolute atomic E-state index is 0.0549. The number of fused-ring (bicyclic) bond motifs is 1. The summed E-state index contributed by atoms with van der Waals surface area (Å²) in [6.45, 7) is 1.95. The van der Waals surface area contributed by atoms with Crippen molar-refractivity contribution in [1.82, 2.24) is 9.97 Å². The number of para-hydroxylation sites is 2. The average Bonchev–Trinajstić information content (AvgIpc) is 2.58. The van der Waals surface area contributed by atoms with Crippen LogP contribution in [0, 0.1) is 18.3 Å². The Bertz CT molecular complexity index is 947. The quantitative estimate of drug-likeness (QED) is 0.788. The van der Waals surface area contributed by atoms with Crippen molar-refractivity contribution in [2.75, 3.05) is 5.32 Å². The molecule has 5 nitrogen and oxygen atoms in total. The fourth-order valence-corrected chi connectivity index (χ4v) is 2.51. The van der Waals surface area contributed by atoms with E-state index in [1.807, 2.05) is 37.3 Å². The predicted octanol–water partition coefficient (Wildman–Crippen LogP) is 3.84. The number of amides is 1. The first kappa shape index (κ1) is 15.9. The van der Waals surface area contributed by atoms with E-state index in [2.05, 4.69) is 15.3 Å². The lowest BCUT2D eigenvalue weighted by Gasteiger charge is -2.12. The van der Waals surface area contributed by atoms with Crippen LogP contribution in [0.15, 0.2) is 48.5 Å². The molecule has 118 valence electrons. The summed E-state index contributed by atoms with van der Waals surface area (Å²) in [6, 6.07) is 16.4.